The third-order valence-corrected chi connectivity index (χ3v) is 8.64. The Labute approximate surface area is 211 Å². The Bertz CT molecular complexity index is 1300. The first-order valence-corrected chi connectivity index (χ1v) is 13.1. The molecule has 4 aromatic rings. The maximum Gasteiger partial charge on any atom is 0.295 e. The molecule has 5 heteroatoms. The third kappa shape index (κ3) is 3.74. The number of carbonyl (C=O) groups excluding carboxylic acids is 1. The van der Waals surface area contributed by atoms with Crippen LogP contribution in [0.15, 0.2) is 84.9 Å². The second kappa shape index (κ2) is 8.44. The van der Waals surface area contributed by atoms with E-state index < -0.39 is 0 Å². The average molecular weight is 475 g/mol. The van der Waals surface area contributed by atoms with Gasteiger partial charge in [-0.05, 0) is 91.5 Å². The molecule has 4 aliphatic rings. The van der Waals surface area contributed by atoms with Crippen LogP contribution in [-0.2, 0) is 5.41 Å². The lowest BCUT2D eigenvalue weighted by Gasteiger charge is -2.57. The van der Waals surface area contributed by atoms with Gasteiger partial charge in [-0.15, -0.1) is 5.10 Å². The maximum absolute atomic E-state index is 13.2. The zero-order valence-electron chi connectivity index (χ0n) is 20.3. The van der Waals surface area contributed by atoms with Gasteiger partial charge in [0.05, 0.1) is 5.69 Å². The van der Waals surface area contributed by atoms with E-state index in [9.17, 15) is 4.79 Å². The molecule has 0 spiro atoms. The first-order chi connectivity index (χ1) is 17.6. The standard InChI is InChI=1S/C31H30N4O/c36-30(28-33-29(24-7-3-1-4-8-24)35(34-28)27-9-5-2-6-10-27)32-26-13-11-25(12-14-26)31-18-21-15-22(19-31)17-23(16-21)20-31/h1-14,21-23H,15-20H2,(H,32,36). The number of nitrogens with zero attached hydrogens (tertiary/aromatic N) is 3. The van der Waals surface area contributed by atoms with Crippen LogP contribution in [0.25, 0.3) is 17.1 Å². The Kier molecular flexibility index (Phi) is 5.05. The van der Waals surface area contributed by atoms with Crippen LogP contribution >= 0.6 is 0 Å². The molecule has 1 aromatic heterocycles. The van der Waals surface area contributed by atoms with E-state index in [1.807, 2.05) is 60.7 Å². The van der Waals surface area contributed by atoms with Crippen molar-refractivity contribution >= 4 is 11.6 Å². The summed E-state index contributed by atoms with van der Waals surface area (Å²) < 4.78 is 1.74. The fourth-order valence-corrected chi connectivity index (χ4v) is 7.49. The van der Waals surface area contributed by atoms with Crippen LogP contribution in [0.4, 0.5) is 5.69 Å². The molecule has 0 saturated heterocycles. The fraction of sp³-hybridized carbons (Fsp3) is 0.323. The Balaban J connectivity index is 1.14. The van der Waals surface area contributed by atoms with Crippen molar-refractivity contribution in [3.05, 3.63) is 96.3 Å². The molecule has 0 aliphatic heterocycles. The number of aromatic nitrogens is 3. The van der Waals surface area contributed by atoms with Crippen LogP contribution < -0.4 is 5.32 Å². The fourth-order valence-electron chi connectivity index (χ4n) is 7.49. The van der Waals surface area contributed by atoms with E-state index in [2.05, 4.69) is 39.7 Å². The highest BCUT2D eigenvalue weighted by Gasteiger charge is 2.51. The first kappa shape index (κ1) is 21.5. The van der Waals surface area contributed by atoms with Gasteiger partial charge in [0.25, 0.3) is 5.91 Å². The van der Waals surface area contributed by atoms with Crippen molar-refractivity contribution in [1.29, 1.82) is 0 Å². The molecule has 4 fully saturated rings. The average Bonchev–Trinajstić information content (AvgIpc) is 3.35. The molecular formula is C31H30N4O. The highest BCUT2D eigenvalue weighted by atomic mass is 16.2. The number of benzene rings is 3. The summed E-state index contributed by atoms with van der Waals surface area (Å²) in [5.74, 6) is 3.25. The largest absolute Gasteiger partial charge is 0.319 e. The number of nitrogens with one attached hydrogen (secondary N) is 1. The first-order valence-electron chi connectivity index (χ1n) is 13.1. The maximum atomic E-state index is 13.2. The van der Waals surface area contributed by atoms with Crippen LogP contribution in [0.5, 0.6) is 0 Å². The number of rotatable bonds is 5. The SMILES string of the molecule is O=C(Nc1ccc(C23CC4CC(CC(C4)C2)C3)cc1)c1nc(-c2ccccc2)n(-c2ccccc2)n1. The van der Waals surface area contributed by atoms with Crippen LogP contribution in [0, 0.1) is 17.8 Å². The van der Waals surface area contributed by atoms with Crippen LogP contribution in [0.3, 0.4) is 0 Å². The predicted octanol–water partition coefficient (Wildman–Crippen LogP) is 6.65. The summed E-state index contributed by atoms with van der Waals surface area (Å²) in [6.07, 6.45) is 8.36. The van der Waals surface area contributed by atoms with Crippen LogP contribution in [0.2, 0.25) is 0 Å². The van der Waals surface area contributed by atoms with Crippen LogP contribution in [0.1, 0.15) is 54.7 Å². The minimum absolute atomic E-state index is 0.155. The van der Waals surface area contributed by atoms with Gasteiger partial charge in [0.2, 0.25) is 5.82 Å². The van der Waals surface area contributed by atoms with E-state index in [-0.39, 0.29) is 11.7 Å². The zero-order chi connectivity index (χ0) is 24.1. The smallest absolute Gasteiger partial charge is 0.295 e. The topological polar surface area (TPSA) is 59.8 Å². The predicted molar refractivity (Wildman–Crippen MR) is 141 cm³/mol. The van der Waals surface area contributed by atoms with Gasteiger partial charge in [0, 0.05) is 11.3 Å². The lowest BCUT2D eigenvalue weighted by molar-refractivity contribution is -0.00518. The molecule has 1 N–H and O–H groups in total. The minimum Gasteiger partial charge on any atom is -0.319 e. The lowest BCUT2D eigenvalue weighted by Crippen LogP contribution is -2.48. The zero-order valence-corrected chi connectivity index (χ0v) is 20.3. The van der Waals surface area contributed by atoms with Crippen molar-refractivity contribution in [1.82, 2.24) is 14.8 Å². The monoisotopic (exact) mass is 474 g/mol. The van der Waals surface area contributed by atoms with Gasteiger partial charge >= 0.3 is 0 Å². The summed E-state index contributed by atoms with van der Waals surface area (Å²) in [6.45, 7) is 0. The summed E-state index contributed by atoms with van der Waals surface area (Å²) in [7, 11) is 0. The highest BCUT2D eigenvalue weighted by Crippen LogP contribution is 2.60. The van der Waals surface area contributed by atoms with Crippen LogP contribution in [-0.4, -0.2) is 20.7 Å². The van der Waals surface area contributed by atoms with Crippen molar-refractivity contribution in [3.63, 3.8) is 0 Å². The molecule has 3 aromatic carbocycles. The van der Waals surface area contributed by atoms with E-state index in [4.69, 9.17) is 0 Å². The lowest BCUT2D eigenvalue weighted by atomic mass is 9.48. The van der Waals surface area contributed by atoms with Crippen molar-refractivity contribution in [2.75, 3.05) is 5.32 Å². The number of para-hydroxylation sites is 1. The van der Waals surface area contributed by atoms with Gasteiger partial charge in [0.15, 0.2) is 5.82 Å². The Hall–Kier alpha value is -3.73. The minimum atomic E-state index is -0.301. The van der Waals surface area contributed by atoms with Gasteiger partial charge in [-0.25, -0.2) is 9.67 Å². The number of anilines is 1. The van der Waals surface area contributed by atoms with Gasteiger partial charge in [-0.3, -0.25) is 4.79 Å². The number of hydrogen-bond acceptors (Lipinski definition) is 3. The second-order valence-electron chi connectivity index (χ2n) is 11.1. The second-order valence-corrected chi connectivity index (χ2v) is 11.1. The van der Waals surface area contributed by atoms with Gasteiger partial charge in [0.1, 0.15) is 0 Å². The molecule has 4 aliphatic carbocycles. The Morgan fingerprint density at radius 1 is 0.778 bits per heavy atom. The quantitative estimate of drug-likeness (QED) is 0.352. The van der Waals surface area contributed by atoms with Crippen molar-refractivity contribution < 1.29 is 4.79 Å². The molecule has 0 unspecified atom stereocenters. The Morgan fingerprint density at radius 3 is 1.97 bits per heavy atom. The molecule has 0 atom stereocenters. The van der Waals surface area contributed by atoms with Gasteiger partial charge in [-0.1, -0.05) is 60.7 Å². The summed E-state index contributed by atoms with van der Waals surface area (Å²) in [6, 6.07) is 28.2. The Morgan fingerprint density at radius 2 is 1.36 bits per heavy atom. The van der Waals surface area contributed by atoms with E-state index in [1.165, 1.54) is 44.1 Å². The van der Waals surface area contributed by atoms with E-state index in [0.717, 1.165) is 34.7 Å². The number of carbonyl (C=O) groups is 1. The molecule has 8 rings (SSSR count). The summed E-state index contributed by atoms with van der Waals surface area (Å²) in [5, 5.41) is 7.62. The van der Waals surface area contributed by atoms with Crippen molar-refractivity contribution in [2.45, 2.75) is 43.9 Å². The van der Waals surface area contributed by atoms with Gasteiger partial charge in [-0.2, -0.15) is 0 Å². The molecule has 36 heavy (non-hydrogen) atoms. The van der Waals surface area contributed by atoms with E-state index in [0.29, 0.717) is 11.2 Å². The number of amides is 1. The highest BCUT2D eigenvalue weighted by molar-refractivity contribution is 6.01. The van der Waals surface area contributed by atoms with E-state index >= 15 is 0 Å². The third-order valence-electron chi connectivity index (χ3n) is 8.64. The molecule has 1 heterocycles. The van der Waals surface area contributed by atoms with Gasteiger partial charge < -0.3 is 5.32 Å². The molecule has 4 saturated carbocycles. The van der Waals surface area contributed by atoms with E-state index in [1.54, 1.807) is 4.68 Å². The molecule has 180 valence electrons. The molecule has 0 radical (unpaired) electrons. The molecule has 4 bridgehead atoms. The number of hydrogen-bond donors (Lipinski definition) is 1. The summed E-state index contributed by atoms with van der Waals surface area (Å²) in [5.41, 5.74) is 4.37. The van der Waals surface area contributed by atoms with Crippen molar-refractivity contribution in [2.24, 2.45) is 17.8 Å². The van der Waals surface area contributed by atoms with Crippen molar-refractivity contribution in [3.8, 4) is 17.1 Å². The molecule has 5 nitrogen and oxygen atoms in total. The molecular weight excluding hydrogens is 444 g/mol. The normalized spacial score (nSPS) is 26.2. The molecule has 1 amide bonds. The summed E-state index contributed by atoms with van der Waals surface area (Å²) in [4.78, 5) is 17.8. The summed E-state index contributed by atoms with van der Waals surface area (Å²) >= 11 is 0.